The highest BCUT2D eigenvalue weighted by atomic mass is 16.5. The molecule has 1 unspecified atom stereocenters. The Morgan fingerprint density at radius 1 is 0.700 bits per heavy atom. The number of hydrogen-bond donors (Lipinski definition) is 0. The molecule has 0 N–H and O–H groups in total. The maximum Gasteiger partial charge on any atom is 0.119 e. The molecule has 0 spiro atoms. The summed E-state index contributed by atoms with van der Waals surface area (Å²) < 4.78 is 5.89. The first kappa shape index (κ1) is 24.4. The molecule has 0 fully saturated rings. The van der Waals surface area contributed by atoms with E-state index in [9.17, 15) is 0 Å². The Labute approximate surface area is 184 Å². The third kappa shape index (κ3) is 9.28. The fourth-order valence-corrected chi connectivity index (χ4v) is 3.76. The van der Waals surface area contributed by atoms with Gasteiger partial charge in [0.2, 0.25) is 0 Å². The van der Waals surface area contributed by atoms with Crippen molar-refractivity contribution in [2.75, 3.05) is 6.61 Å². The summed E-state index contributed by atoms with van der Waals surface area (Å²) in [6.45, 7) is 7.57. The molecule has 0 amide bonds. The zero-order valence-electron chi connectivity index (χ0n) is 19.5. The van der Waals surface area contributed by atoms with Crippen LogP contribution in [0.15, 0.2) is 36.4 Å². The van der Waals surface area contributed by atoms with Crippen LogP contribution in [0.3, 0.4) is 0 Å². The summed E-state index contributed by atoms with van der Waals surface area (Å²) in [6.07, 6.45) is 15.5. The highest BCUT2D eigenvalue weighted by molar-refractivity contribution is 5.59. The lowest BCUT2D eigenvalue weighted by molar-refractivity contribution is 0.304. The first-order chi connectivity index (χ1) is 14.7. The van der Waals surface area contributed by atoms with E-state index in [2.05, 4.69) is 55.2 Å². The van der Waals surface area contributed by atoms with Crippen molar-refractivity contribution >= 4 is 0 Å². The molecule has 1 aromatic heterocycles. The van der Waals surface area contributed by atoms with Crippen molar-refractivity contribution in [1.29, 1.82) is 0 Å². The zero-order chi connectivity index (χ0) is 21.4. The largest absolute Gasteiger partial charge is 0.494 e. The van der Waals surface area contributed by atoms with Crippen LogP contribution in [-0.4, -0.2) is 16.8 Å². The van der Waals surface area contributed by atoms with Crippen molar-refractivity contribution in [3.8, 4) is 17.0 Å². The maximum atomic E-state index is 5.89. The van der Waals surface area contributed by atoms with Crippen molar-refractivity contribution in [1.82, 2.24) is 10.2 Å². The molecule has 2 rings (SSSR count). The van der Waals surface area contributed by atoms with Gasteiger partial charge >= 0.3 is 0 Å². The third-order valence-corrected chi connectivity index (χ3v) is 5.85. The number of nitrogens with zero attached hydrogens (tertiary/aromatic N) is 2. The van der Waals surface area contributed by atoms with Crippen LogP contribution in [0.5, 0.6) is 5.75 Å². The van der Waals surface area contributed by atoms with Crippen LogP contribution in [0.4, 0.5) is 0 Å². The Hall–Kier alpha value is -1.90. The highest BCUT2D eigenvalue weighted by Crippen LogP contribution is 2.24. The van der Waals surface area contributed by atoms with Gasteiger partial charge in [0.05, 0.1) is 18.0 Å². The Kier molecular flexibility index (Phi) is 12.2. The quantitative estimate of drug-likeness (QED) is 0.261. The Balaban J connectivity index is 1.72. The molecule has 30 heavy (non-hydrogen) atoms. The average Bonchev–Trinajstić information content (AvgIpc) is 2.79. The van der Waals surface area contributed by atoms with E-state index in [1.807, 2.05) is 12.1 Å². The number of unbranched alkanes of at least 4 members (excludes halogenated alkanes) is 9. The number of rotatable bonds is 16. The molecular weight excluding hydrogens is 368 g/mol. The molecule has 1 atom stereocenters. The molecule has 2 aromatic rings. The molecule has 1 heterocycles. The lowest BCUT2D eigenvalue weighted by atomic mass is 9.99. The van der Waals surface area contributed by atoms with Crippen molar-refractivity contribution < 1.29 is 4.74 Å². The van der Waals surface area contributed by atoms with Gasteiger partial charge in [-0.2, -0.15) is 10.2 Å². The summed E-state index contributed by atoms with van der Waals surface area (Å²) in [4.78, 5) is 0. The lowest BCUT2D eigenvalue weighted by Crippen LogP contribution is -2.00. The molecule has 0 saturated carbocycles. The smallest absolute Gasteiger partial charge is 0.119 e. The van der Waals surface area contributed by atoms with Crippen LogP contribution in [-0.2, 0) is 0 Å². The minimum absolute atomic E-state index is 0.478. The summed E-state index contributed by atoms with van der Waals surface area (Å²) >= 11 is 0. The van der Waals surface area contributed by atoms with Gasteiger partial charge in [-0.3, -0.25) is 0 Å². The second-order valence-electron chi connectivity index (χ2n) is 8.59. The normalized spacial score (nSPS) is 12.1. The molecule has 0 aliphatic carbocycles. The van der Waals surface area contributed by atoms with E-state index >= 15 is 0 Å². The molecule has 1 aromatic carbocycles. The van der Waals surface area contributed by atoms with E-state index in [1.54, 1.807) is 0 Å². The molecule has 0 aliphatic heterocycles. The second kappa shape index (κ2) is 15.0. The van der Waals surface area contributed by atoms with Gasteiger partial charge < -0.3 is 4.74 Å². The number of ether oxygens (including phenoxy) is 1. The standard InChI is InChI=1S/C27H42N2O/c1-4-6-8-10-11-12-14-22-30-25-18-16-24(17-19-25)27-21-20-26(28-29-27)23(3)15-13-9-7-5-2/h16-21,23H,4-15,22H2,1-3H3. The van der Waals surface area contributed by atoms with Gasteiger partial charge in [0, 0.05) is 11.5 Å². The molecule has 3 heteroatoms. The summed E-state index contributed by atoms with van der Waals surface area (Å²) in [6, 6.07) is 12.5. The maximum absolute atomic E-state index is 5.89. The van der Waals surface area contributed by atoms with Crippen LogP contribution >= 0.6 is 0 Å². The molecule has 0 radical (unpaired) electrons. The monoisotopic (exact) mass is 410 g/mol. The summed E-state index contributed by atoms with van der Waals surface area (Å²) in [5.41, 5.74) is 3.12. The minimum atomic E-state index is 0.478. The van der Waals surface area contributed by atoms with Gasteiger partial charge in [-0.25, -0.2) is 0 Å². The van der Waals surface area contributed by atoms with Crippen LogP contribution in [0.2, 0.25) is 0 Å². The molecule has 0 bridgehead atoms. The van der Waals surface area contributed by atoms with Gasteiger partial charge in [0.25, 0.3) is 0 Å². The number of aromatic nitrogens is 2. The van der Waals surface area contributed by atoms with Crippen LogP contribution < -0.4 is 4.74 Å². The molecule has 0 saturated heterocycles. The zero-order valence-corrected chi connectivity index (χ0v) is 19.5. The van der Waals surface area contributed by atoms with Crippen LogP contribution in [0.1, 0.15) is 109 Å². The molecule has 0 aliphatic rings. The van der Waals surface area contributed by atoms with E-state index < -0.39 is 0 Å². The molecular formula is C27H42N2O. The van der Waals surface area contributed by atoms with Crippen molar-refractivity contribution in [3.63, 3.8) is 0 Å². The number of hydrogen-bond acceptors (Lipinski definition) is 3. The van der Waals surface area contributed by atoms with Gasteiger partial charge in [0.15, 0.2) is 0 Å². The summed E-state index contributed by atoms with van der Waals surface area (Å²) in [7, 11) is 0. The van der Waals surface area contributed by atoms with Gasteiger partial charge in [0.1, 0.15) is 5.75 Å². The van der Waals surface area contributed by atoms with Crippen LogP contribution in [0, 0.1) is 0 Å². The molecule has 166 valence electrons. The Morgan fingerprint density at radius 3 is 1.97 bits per heavy atom. The fraction of sp³-hybridized carbons (Fsp3) is 0.630. The van der Waals surface area contributed by atoms with Crippen molar-refractivity contribution in [2.24, 2.45) is 0 Å². The first-order valence-electron chi connectivity index (χ1n) is 12.3. The third-order valence-electron chi connectivity index (χ3n) is 5.85. The second-order valence-corrected chi connectivity index (χ2v) is 8.59. The predicted molar refractivity (Wildman–Crippen MR) is 128 cm³/mol. The van der Waals surface area contributed by atoms with E-state index in [1.165, 1.54) is 70.6 Å². The highest BCUT2D eigenvalue weighted by Gasteiger charge is 2.09. The van der Waals surface area contributed by atoms with Crippen LogP contribution in [0.25, 0.3) is 11.3 Å². The summed E-state index contributed by atoms with van der Waals surface area (Å²) in [5.74, 6) is 1.42. The van der Waals surface area contributed by atoms with E-state index in [-0.39, 0.29) is 0 Å². The number of benzene rings is 1. The fourth-order valence-electron chi connectivity index (χ4n) is 3.76. The summed E-state index contributed by atoms with van der Waals surface area (Å²) in [5, 5.41) is 8.96. The first-order valence-corrected chi connectivity index (χ1v) is 12.3. The van der Waals surface area contributed by atoms with E-state index in [4.69, 9.17) is 4.74 Å². The molecule has 3 nitrogen and oxygen atoms in total. The van der Waals surface area contributed by atoms with Gasteiger partial charge in [-0.05, 0) is 49.2 Å². The van der Waals surface area contributed by atoms with E-state index in [0.29, 0.717) is 5.92 Å². The van der Waals surface area contributed by atoms with Crippen molar-refractivity contribution in [3.05, 3.63) is 42.1 Å². The minimum Gasteiger partial charge on any atom is -0.494 e. The topological polar surface area (TPSA) is 35.0 Å². The average molecular weight is 411 g/mol. The van der Waals surface area contributed by atoms with Gasteiger partial charge in [-0.15, -0.1) is 0 Å². The van der Waals surface area contributed by atoms with E-state index in [0.717, 1.165) is 35.7 Å². The van der Waals surface area contributed by atoms with Crippen molar-refractivity contribution in [2.45, 2.75) is 104 Å². The Bertz CT molecular complexity index is 666. The Morgan fingerprint density at radius 2 is 1.33 bits per heavy atom. The van der Waals surface area contributed by atoms with Gasteiger partial charge in [-0.1, -0.05) is 85.0 Å². The SMILES string of the molecule is CCCCCCCCCOc1ccc(-c2ccc(C(C)CCCCCC)nn2)cc1. The lowest BCUT2D eigenvalue weighted by Gasteiger charge is -2.11. The predicted octanol–water partition coefficient (Wildman–Crippen LogP) is 8.35.